The van der Waals surface area contributed by atoms with Crippen molar-refractivity contribution in [2.75, 3.05) is 5.32 Å². The van der Waals surface area contributed by atoms with E-state index in [0.717, 1.165) is 6.07 Å². The molecule has 1 aromatic rings. The SMILES string of the molecule is Cc1c(NC(=O)C(C)(C)C)ccc(F)c1F. The van der Waals surface area contributed by atoms with Crippen LogP contribution in [-0.4, -0.2) is 5.91 Å². The molecule has 0 aliphatic heterocycles. The first kappa shape index (κ1) is 12.6. The van der Waals surface area contributed by atoms with E-state index in [9.17, 15) is 13.6 Å². The summed E-state index contributed by atoms with van der Waals surface area (Å²) in [6, 6.07) is 2.36. The lowest BCUT2D eigenvalue weighted by atomic mass is 9.95. The van der Waals surface area contributed by atoms with Gasteiger partial charge in [0.05, 0.1) is 0 Å². The van der Waals surface area contributed by atoms with Gasteiger partial charge in [0.2, 0.25) is 5.91 Å². The third kappa shape index (κ3) is 2.56. The summed E-state index contributed by atoms with van der Waals surface area (Å²) < 4.78 is 26.1. The standard InChI is InChI=1S/C12H15F2NO/c1-7-9(6-5-8(13)10(7)14)15-11(16)12(2,3)4/h5-6H,1-4H3,(H,15,16). The minimum atomic E-state index is -0.924. The number of amides is 1. The highest BCUT2D eigenvalue weighted by molar-refractivity contribution is 5.95. The third-order valence-corrected chi connectivity index (χ3v) is 2.27. The van der Waals surface area contributed by atoms with Gasteiger partial charge in [0.15, 0.2) is 11.6 Å². The topological polar surface area (TPSA) is 29.1 Å². The first-order chi connectivity index (χ1) is 7.23. The Morgan fingerprint density at radius 1 is 1.25 bits per heavy atom. The van der Waals surface area contributed by atoms with Crippen LogP contribution in [0.1, 0.15) is 26.3 Å². The fourth-order valence-corrected chi connectivity index (χ4v) is 1.10. The molecule has 0 aliphatic rings. The molecule has 0 aliphatic carbocycles. The second-order valence-electron chi connectivity index (χ2n) is 4.74. The van der Waals surface area contributed by atoms with Crippen molar-refractivity contribution >= 4 is 11.6 Å². The smallest absolute Gasteiger partial charge is 0.229 e. The second-order valence-corrected chi connectivity index (χ2v) is 4.74. The first-order valence-corrected chi connectivity index (χ1v) is 4.99. The molecule has 1 amide bonds. The Morgan fingerprint density at radius 2 is 1.81 bits per heavy atom. The molecule has 0 heterocycles. The molecule has 0 saturated heterocycles. The van der Waals surface area contributed by atoms with Crippen LogP contribution >= 0.6 is 0 Å². The highest BCUT2D eigenvalue weighted by Crippen LogP contribution is 2.23. The second kappa shape index (κ2) is 4.20. The van der Waals surface area contributed by atoms with Gasteiger partial charge >= 0.3 is 0 Å². The number of rotatable bonds is 1. The van der Waals surface area contributed by atoms with Crippen LogP contribution < -0.4 is 5.32 Å². The molecule has 1 rings (SSSR count). The van der Waals surface area contributed by atoms with Gasteiger partial charge in [-0.05, 0) is 19.1 Å². The lowest BCUT2D eigenvalue weighted by Gasteiger charge is -2.18. The monoisotopic (exact) mass is 227 g/mol. The maximum Gasteiger partial charge on any atom is 0.229 e. The molecule has 16 heavy (non-hydrogen) atoms. The Morgan fingerprint density at radius 3 is 2.31 bits per heavy atom. The highest BCUT2D eigenvalue weighted by Gasteiger charge is 2.22. The van der Waals surface area contributed by atoms with Gasteiger partial charge in [-0.3, -0.25) is 4.79 Å². The van der Waals surface area contributed by atoms with E-state index in [1.54, 1.807) is 20.8 Å². The third-order valence-electron chi connectivity index (χ3n) is 2.27. The number of carbonyl (C=O) groups excluding carboxylic acids is 1. The molecule has 0 unspecified atom stereocenters. The molecule has 4 heteroatoms. The van der Waals surface area contributed by atoms with Crippen LogP contribution in [0.2, 0.25) is 0 Å². The van der Waals surface area contributed by atoms with E-state index in [4.69, 9.17) is 0 Å². The van der Waals surface area contributed by atoms with Gasteiger partial charge < -0.3 is 5.32 Å². The lowest BCUT2D eigenvalue weighted by molar-refractivity contribution is -0.123. The van der Waals surface area contributed by atoms with E-state index in [1.807, 2.05) is 0 Å². The van der Waals surface area contributed by atoms with Gasteiger partial charge in [-0.1, -0.05) is 20.8 Å². The molecule has 88 valence electrons. The summed E-state index contributed by atoms with van der Waals surface area (Å²) in [5.74, 6) is -2.07. The maximum absolute atomic E-state index is 13.2. The Kier molecular flexibility index (Phi) is 3.31. The fraction of sp³-hybridized carbons (Fsp3) is 0.417. The molecule has 1 aromatic carbocycles. The molecule has 0 fully saturated rings. The molecular weight excluding hydrogens is 212 g/mol. The maximum atomic E-state index is 13.2. The minimum Gasteiger partial charge on any atom is -0.325 e. The van der Waals surface area contributed by atoms with Crippen molar-refractivity contribution in [3.63, 3.8) is 0 Å². The van der Waals surface area contributed by atoms with Crippen molar-refractivity contribution in [1.82, 2.24) is 0 Å². The van der Waals surface area contributed by atoms with E-state index in [0.29, 0.717) is 5.69 Å². The molecule has 2 nitrogen and oxygen atoms in total. The summed E-state index contributed by atoms with van der Waals surface area (Å²) in [5.41, 5.74) is -0.159. The van der Waals surface area contributed by atoms with Gasteiger partial charge in [-0.2, -0.15) is 0 Å². The molecule has 0 saturated carbocycles. The summed E-state index contributed by atoms with van der Waals surface area (Å²) in [4.78, 5) is 11.7. The molecule has 0 spiro atoms. The lowest BCUT2D eigenvalue weighted by Crippen LogP contribution is -2.28. The van der Waals surface area contributed by atoms with E-state index >= 15 is 0 Å². The molecule has 1 N–H and O–H groups in total. The van der Waals surface area contributed by atoms with Crippen LogP contribution in [0.5, 0.6) is 0 Å². The molecular formula is C12H15F2NO. The van der Waals surface area contributed by atoms with Crippen LogP contribution in [0.4, 0.5) is 14.5 Å². The minimum absolute atomic E-state index is 0.109. The number of nitrogens with one attached hydrogen (secondary N) is 1. The normalized spacial score (nSPS) is 11.4. The number of anilines is 1. The summed E-state index contributed by atoms with van der Waals surface area (Å²) in [7, 11) is 0. The summed E-state index contributed by atoms with van der Waals surface area (Å²) in [6.45, 7) is 6.67. The van der Waals surface area contributed by atoms with E-state index in [1.165, 1.54) is 13.0 Å². The van der Waals surface area contributed by atoms with Gasteiger partial charge in [-0.15, -0.1) is 0 Å². The molecule has 0 radical (unpaired) electrons. The van der Waals surface area contributed by atoms with Gasteiger partial charge in [-0.25, -0.2) is 8.78 Å². The van der Waals surface area contributed by atoms with E-state index < -0.39 is 17.0 Å². The quantitative estimate of drug-likeness (QED) is 0.783. The Labute approximate surface area is 93.7 Å². The number of carbonyl (C=O) groups is 1. The van der Waals surface area contributed by atoms with Crippen molar-refractivity contribution in [3.05, 3.63) is 29.3 Å². The van der Waals surface area contributed by atoms with Crippen LogP contribution in [0.25, 0.3) is 0 Å². The van der Waals surface area contributed by atoms with Crippen molar-refractivity contribution in [3.8, 4) is 0 Å². The Hall–Kier alpha value is -1.45. The van der Waals surface area contributed by atoms with Crippen LogP contribution in [0, 0.1) is 24.0 Å². The number of benzene rings is 1. The summed E-state index contributed by atoms with van der Waals surface area (Å²) in [6.07, 6.45) is 0. The predicted molar refractivity (Wildman–Crippen MR) is 59.2 cm³/mol. The average molecular weight is 227 g/mol. The fourth-order valence-electron chi connectivity index (χ4n) is 1.10. The first-order valence-electron chi connectivity index (χ1n) is 4.99. The zero-order chi connectivity index (χ0) is 12.5. The van der Waals surface area contributed by atoms with Gasteiger partial charge in [0.25, 0.3) is 0 Å². The van der Waals surface area contributed by atoms with Crippen molar-refractivity contribution < 1.29 is 13.6 Å². The van der Waals surface area contributed by atoms with Crippen molar-refractivity contribution in [1.29, 1.82) is 0 Å². The molecule has 0 aromatic heterocycles. The van der Waals surface area contributed by atoms with Gasteiger partial charge in [0, 0.05) is 16.7 Å². The highest BCUT2D eigenvalue weighted by atomic mass is 19.2. The largest absolute Gasteiger partial charge is 0.325 e. The van der Waals surface area contributed by atoms with E-state index in [-0.39, 0.29) is 11.5 Å². The molecule has 0 bridgehead atoms. The van der Waals surface area contributed by atoms with Crippen molar-refractivity contribution in [2.45, 2.75) is 27.7 Å². The molecule has 0 atom stereocenters. The number of halogens is 2. The average Bonchev–Trinajstić information content (AvgIpc) is 2.17. The Bertz CT molecular complexity index is 422. The summed E-state index contributed by atoms with van der Waals surface area (Å²) >= 11 is 0. The zero-order valence-corrected chi connectivity index (χ0v) is 9.82. The predicted octanol–water partition coefficient (Wildman–Crippen LogP) is 3.26. The zero-order valence-electron chi connectivity index (χ0n) is 9.82. The van der Waals surface area contributed by atoms with Crippen molar-refractivity contribution in [2.24, 2.45) is 5.41 Å². The number of hydrogen-bond donors (Lipinski definition) is 1. The number of hydrogen-bond acceptors (Lipinski definition) is 1. The Balaban J connectivity index is 3.00. The van der Waals surface area contributed by atoms with Crippen LogP contribution in [0.15, 0.2) is 12.1 Å². The summed E-state index contributed by atoms with van der Waals surface area (Å²) in [5, 5.41) is 2.57. The van der Waals surface area contributed by atoms with Crippen LogP contribution in [-0.2, 0) is 4.79 Å². The van der Waals surface area contributed by atoms with E-state index in [2.05, 4.69) is 5.32 Å². The van der Waals surface area contributed by atoms with Gasteiger partial charge in [0.1, 0.15) is 0 Å². The van der Waals surface area contributed by atoms with Crippen LogP contribution in [0.3, 0.4) is 0 Å².